The summed E-state index contributed by atoms with van der Waals surface area (Å²) in [6, 6.07) is 0.230. The van der Waals surface area contributed by atoms with Gasteiger partial charge in [0, 0.05) is 12.3 Å². The first-order valence-electron chi connectivity index (χ1n) is 6.10. The highest BCUT2D eigenvalue weighted by atomic mass is 32.2. The Hall–Kier alpha value is -1.19. The van der Waals surface area contributed by atoms with Crippen LogP contribution in [0.1, 0.15) is 18.1 Å². The van der Waals surface area contributed by atoms with E-state index in [4.69, 9.17) is 5.73 Å². The average Bonchev–Trinajstić information content (AvgIpc) is 2.21. The molecule has 120 valence electrons. The molecular formula is C12H19FN2O4S2. The summed E-state index contributed by atoms with van der Waals surface area (Å²) in [7, 11) is -7.32. The smallest absolute Gasteiger partial charge is 0.241 e. The molecule has 0 aromatic heterocycles. The summed E-state index contributed by atoms with van der Waals surface area (Å²) in [5.74, 6) is -1.02. The van der Waals surface area contributed by atoms with Crippen LogP contribution in [0.5, 0.6) is 0 Å². The van der Waals surface area contributed by atoms with Gasteiger partial charge in [0.15, 0.2) is 0 Å². The highest BCUT2D eigenvalue weighted by molar-refractivity contribution is 7.91. The second-order valence-corrected chi connectivity index (χ2v) is 8.99. The molecule has 1 unspecified atom stereocenters. The Kier molecular flexibility index (Phi) is 5.01. The standard InChI is InChI=1S/C12H19FN2O4S2/c1-7-5-10(13)11(14)9(3)12(7)21(18,19)15-8(2)6-20(4,16)17/h5,8,15H,6,14H2,1-4H3. The van der Waals surface area contributed by atoms with Crippen LogP contribution in [0.3, 0.4) is 0 Å². The molecule has 0 bridgehead atoms. The van der Waals surface area contributed by atoms with Crippen LogP contribution in [-0.2, 0) is 19.9 Å². The molecule has 0 aliphatic carbocycles. The predicted octanol–water partition coefficient (Wildman–Crippen LogP) is 0.736. The van der Waals surface area contributed by atoms with E-state index in [1.807, 2.05) is 0 Å². The lowest BCUT2D eigenvalue weighted by molar-refractivity contribution is 0.563. The van der Waals surface area contributed by atoms with Crippen LogP contribution in [0, 0.1) is 19.7 Å². The Balaban J connectivity index is 3.24. The molecule has 21 heavy (non-hydrogen) atoms. The molecule has 1 rings (SSSR count). The molecule has 1 atom stereocenters. The van der Waals surface area contributed by atoms with Crippen molar-refractivity contribution in [2.45, 2.75) is 31.7 Å². The van der Waals surface area contributed by atoms with Gasteiger partial charge in [-0.15, -0.1) is 0 Å². The van der Waals surface area contributed by atoms with Crippen molar-refractivity contribution in [1.82, 2.24) is 4.72 Å². The fraction of sp³-hybridized carbons (Fsp3) is 0.500. The van der Waals surface area contributed by atoms with E-state index < -0.39 is 31.7 Å². The molecule has 0 spiro atoms. The van der Waals surface area contributed by atoms with Gasteiger partial charge in [-0.2, -0.15) is 0 Å². The van der Waals surface area contributed by atoms with Crippen molar-refractivity contribution in [3.63, 3.8) is 0 Å². The van der Waals surface area contributed by atoms with Crippen molar-refractivity contribution in [1.29, 1.82) is 0 Å². The van der Waals surface area contributed by atoms with Gasteiger partial charge < -0.3 is 5.73 Å². The highest BCUT2D eigenvalue weighted by Crippen LogP contribution is 2.27. The fourth-order valence-corrected chi connectivity index (χ4v) is 4.98. The van der Waals surface area contributed by atoms with Crippen LogP contribution >= 0.6 is 0 Å². The second kappa shape index (κ2) is 5.90. The predicted molar refractivity (Wildman–Crippen MR) is 79.8 cm³/mol. The van der Waals surface area contributed by atoms with Crippen molar-refractivity contribution in [3.05, 3.63) is 23.0 Å². The molecule has 0 amide bonds. The van der Waals surface area contributed by atoms with E-state index in [1.165, 1.54) is 20.8 Å². The van der Waals surface area contributed by atoms with E-state index in [-0.39, 0.29) is 27.5 Å². The van der Waals surface area contributed by atoms with Crippen molar-refractivity contribution in [3.8, 4) is 0 Å². The molecule has 1 aromatic rings. The molecule has 0 fully saturated rings. The summed E-state index contributed by atoms with van der Waals surface area (Å²) >= 11 is 0. The average molecular weight is 338 g/mol. The van der Waals surface area contributed by atoms with Gasteiger partial charge >= 0.3 is 0 Å². The Morgan fingerprint density at radius 3 is 2.29 bits per heavy atom. The van der Waals surface area contributed by atoms with Crippen LogP contribution in [0.15, 0.2) is 11.0 Å². The Morgan fingerprint density at radius 1 is 1.29 bits per heavy atom. The molecule has 9 heteroatoms. The minimum atomic E-state index is -3.99. The molecule has 3 N–H and O–H groups in total. The van der Waals surface area contributed by atoms with Gasteiger partial charge in [-0.25, -0.2) is 25.9 Å². The molecule has 0 saturated carbocycles. The maximum absolute atomic E-state index is 13.5. The minimum Gasteiger partial charge on any atom is -0.396 e. The Bertz CT molecular complexity index is 758. The zero-order chi connectivity index (χ0) is 16.6. The maximum Gasteiger partial charge on any atom is 0.241 e. The summed E-state index contributed by atoms with van der Waals surface area (Å²) in [6.45, 7) is 4.29. The number of rotatable bonds is 5. The number of sulfone groups is 1. The van der Waals surface area contributed by atoms with E-state index in [0.29, 0.717) is 0 Å². The first-order valence-corrected chi connectivity index (χ1v) is 9.64. The zero-order valence-corrected chi connectivity index (χ0v) is 13.9. The number of benzene rings is 1. The topological polar surface area (TPSA) is 106 Å². The summed E-state index contributed by atoms with van der Waals surface area (Å²) in [5.41, 5.74) is 5.59. The third kappa shape index (κ3) is 4.39. The summed E-state index contributed by atoms with van der Waals surface area (Å²) in [5, 5.41) is 0. The fourth-order valence-electron chi connectivity index (χ4n) is 2.16. The lowest BCUT2D eigenvalue weighted by Crippen LogP contribution is -2.38. The molecule has 6 nitrogen and oxygen atoms in total. The van der Waals surface area contributed by atoms with Crippen LogP contribution in [-0.4, -0.2) is 34.9 Å². The van der Waals surface area contributed by atoms with E-state index >= 15 is 0 Å². The number of nitrogen functional groups attached to an aromatic ring is 1. The SMILES string of the molecule is Cc1cc(F)c(N)c(C)c1S(=O)(=O)NC(C)CS(C)(=O)=O. The van der Waals surface area contributed by atoms with Gasteiger partial charge in [-0.1, -0.05) is 0 Å². The van der Waals surface area contributed by atoms with E-state index in [0.717, 1.165) is 12.3 Å². The zero-order valence-electron chi connectivity index (χ0n) is 12.3. The van der Waals surface area contributed by atoms with Gasteiger partial charge in [0.05, 0.1) is 16.3 Å². The van der Waals surface area contributed by atoms with Crippen molar-refractivity contribution in [2.75, 3.05) is 17.7 Å². The van der Waals surface area contributed by atoms with Gasteiger partial charge in [-0.3, -0.25) is 0 Å². The number of nitrogens with one attached hydrogen (secondary N) is 1. The van der Waals surface area contributed by atoms with Crippen LogP contribution < -0.4 is 10.5 Å². The Morgan fingerprint density at radius 2 is 1.81 bits per heavy atom. The minimum absolute atomic E-state index is 0.103. The number of anilines is 1. The van der Waals surface area contributed by atoms with Gasteiger partial charge in [-0.05, 0) is 38.0 Å². The van der Waals surface area contributed by atoms with Crippen molar-refractivity contribution in [2.24, 2.45) is 0 Å². The van der Waals surface area contributed by atoms with E-state index in [1.54, 1.807) is 0 Å². The summed E-state index contributed by atoms with van der Waals surface area (Å²) in [6.07, 6.45) is 1.02. The second-order valence-electron chi connectivity index (χ2n) is 5.16. The lowest BCUT2D eigenvalue weighted by atomic mass is 10.1. The third-order valence-electron chi connectivity index (χ3n) is 2.88. The van der Waals surface area contributed by atoms with E-state index in [9.17, 15) is 21.2 Å². The third-order valence-corrected chi connectivity index (χ3v) is 5.86. The first kappa shape index (κ1) is 17.9. The summed E-state index contributed by atoms with van der Waals surface area (Å²) in [4.78, 5) is -0.123. The first-order chi connectivity index (χ1) is 9.35. The van der Waals surface area contributed by atoms with Gasteiger partial charge in [0.1, 0.15) is 15.7 Å². The maximum atomic E-state index is 13.5. The van der Waals surface area contributed by atoms with Crippen LogP contribution in [0.25, 0.3) is 0 Å². The molecule has 1 aromatic carbocycles. The molecule has 0 radical (unpaired) electrons. The van der Waals surface area contributed by atoms with Gasteiger partial charge in [0.25, 0.3) is 0 Å². The number of sulfonamides is 1. The largest absolute Gasteiger partial charge is 0.396 e. The number of aryl methyl sites for hydroxylation is 1. The van der Waals surface area contributed by atoms with E-state index in [2.05, 4.69) is 4.72 Å². The normalized spacial score (nSPS) is 14.1. The van der Waals surface area contributed by atoms with Gasteiger partial charge in [0.2, 0.25) is 10.0 Å². The van der Waals surface area contributed by atoms with Crippen LogP contribution in [0.4, 0.5) is 10.1 Å². The number of halogens is 1. The number of hydrogen-bond donors (Lipinski definition) is 2. The van der Waals surface area contributed by atoms with Crippen molar-refractivity contribution < 1.29 is 21.2 Å². The Labute approximate surface area is 124 Å². The molecule has 0 saturated heterocycles. The number of nitrogens with two attached hydrogens (primary N) is 1. The molecular weight excluding hydrogens is 319 g/mol. The molecule has 0 aliphatic heterocycles. The molecule has 0 heterocycles. The lowest BCUT2D eigenvalue weighted by Gasteiger charge is -2.17. The molecule has 0 aliphatic rings. The summed E-state index contributed by atoms with van der Waals surface area (Å²) < 4.78 is 62.8. The number of hydrogen-bond acceptors (Lipinski definition) is 5. The van der Waals surface area contributed by atoms with Crippen molar-refractivity contribution >= 4 is 25.5 Å². The van der Waals surface area contributed by atoms with Crippen LogP contribution in [0.2, 0.25) is 0 Å². The quantitative estimate of drug-likeness (QED) is 0.770. The monoisotopic (exact) mass is 338 g/mol. The highest BCUT2D eigenvalue weighted by Gasteiger charge is 2.25.